The zero-order valence-electron chi connectivity index (χ0n) is 18.1. The predicted octanol–water partition coefficient (Wildman–Crippen LogP) is 1.64. The lowest BCUT2D eigenvalue weighted by Gasteiger charge is -2.11. The van der Waals surface area contributed by atoms with Crippen LogP contribution in [0.5, 0.6) is 11.8 Å². The van der Waals surface area contributed by atoms with Gasteiger partial charge in [0.2, 0.25) is 11.8 Å². The third-order valence-electron chi connectivity index (χ3n) is 4.11. The summed E-state index contributed by atoms with van der Waals surface area (Å²) in [5.41, 5.74) is 1.06. The summed E-state index contributed by atoms with van der Waals surface area (Å²) in [6.45, 7) is 6.63. The molecule has 2 aliphatic heterocycles. The number of guanidine groups is 2. The van der Waals surface area contributed by atoms with Gasteiger partial charge < -0.3 is 30.7 Å². The lowest BCUT2D eigenvalue weighted by molar-refractivity contribution is 0.398. The summed E-state index contributed by atoms with van der Waals surface area (Å²) in [5, 5.41) is 12.8. The number of aliphatic imine (C=N–C) groups is 2. The normalized spacial score (nSPS) is 14.3. The second-order valence-corrected chi connectivity index (χ2v) is 7.17. The van der Waals surface area contributed by atoms with Crippen LogP contribution >= 0.6 is 23.2 Å². The lowest BCUT2D eigenvalue weighted by Crippen LogP contribution is -2.26. The Bertz CT molecular complexity index is 950. The van der Waals surface area contributed by atoms with E-state index in [1.54, 1.807) is 13.8 Å². The fourth-order valence-corrected chi connectivity index (χ4v) is 3.23. The summed E-state index contributed by atoms with van der Waals surface area (Å²) >= 11 is 12.0. The van der Waals surface area contributed by atoms with Crippen LogP contribution in [0.3, 0.4) is 0 Å². The van der Waals surface area contributed by atoms with Crippen LogP contribution in [0.15, 0.2) is 9.98 Å². The largest absolute Gasteiger partial charge is 0.479 e. The van der Waals surface area contributed by atoms with Gasteiger partial charge in [-0.15, -0.1) is 0 Å². The molecule has 0 saturated heterocycles. The van der Waals surface area contributed by atoms with E-state index in [1.165, 1.54) is 14.2 Å². The molecule has 0 aromatic carbocycles. The van der Waals surface area contributed by atoms with Crippen LogP contribution in [0.1, 0.15) is 11.6 Å². The Morgan fingerprint density at radius 2 is 1.12 bits per heavy atom. The Morgan fingerprint density at radius 1 is 0.719 bits per heavy atom. The second kappa shape index (κ2) is 11.0. The molecule has 4 rings (SSSR count). The van der Waals surface area contributed by atoms with E-state index >= 15 is 0 Å². The van der Waals surface area contributed by atoms with Gasteiger partial charge in [0.15, 0.2) is 22.2 Å². The van der Waals surface area contributed by atoms with Crippen molar-refractivity contribution in [1.29, 1.82) is 0 Å². The monoisotopic (exact) mass is 482 g/mol. The van der Waals surface area contributed by atoms with Gasteiger partial charge in [0, 0.05) is 13.1 Å². The number of hydrogen-bond acceptors (Lipinski definition) is 12. The maximum absolute atomic E-state index is 6.02. The molecule has 0 fully saturated rings. The van der Waals surface area contributed by atoms with Crippen molar-refractivity contribution in [1.82, 2.24) is 30.6 Å². The van der Waals surface area contributed by atoms with E-state index in [0.717, 1.165) is 26.2 Å². The van der Waals surface area contributed by atoms with Crippen LogP contribution in [0, 0.1) is 13.8 Å². The van der Waals surface area contributed by atoms with Gasteiger partial charge in [-0.3, -0.25) is 9.98 Å². The van der Waals surface area contributed by atoms with Crippen LogP contribution in [0.4, 0.5) is 11.4 Å². The van der Waals surface area contributed by atoms with Crippen LogP contribution in [-0.2, 0) is 0 Å². The first-order valence-electron chi connectivity index (χ1n) is 9.68. The molecule has 32 heavy (non-hydrogen) atoms. The molecule has 14 heteroatoms. The maximum atomic E-state index is 6.02. The first-order chi connectivity index (χ1) is 15.4. The number of ether oxygens (including phenoxy) is 2. The van der Waals surface area contributed by atoms with Crippen LogP contribution < -0.4 is 30.7 Å². The summed E-state index contributed by atoms with van der Waals surface area (Å²) in [7, 11) is 3.07. The van der Waals surface area contributed by atoms with E-state index in [1.807, 2.05) is 0 Å². The molecule has 0 saturated carbocycles. The topological polar surface area (TPSA) is 143 Å². The minimum atomic E-state index is 0.320. The van der Waals surface area contributed by atoms with Crippen molar-refractivity contribution < 1.29 is 9.47 Å². The van der Waals surface area contributed by atoms with Gasteiger partial charge in [-0.25, -0.2) is 9.97 Å². The Hall–Kier alpha value is -3.12. The number of nitrogens with one attached hydrogen (secondary N) is 4. The highest BCUT2D eigenvalue weighted by Gasteiger charge is 2.16. The molecule has 0 bridgehead atoms. The van der Waals surface area contributed by atoms with Crippen LogP contribution in [-0.4, -0.2) is 72.3 Å². The van der Waals surface area contributed by atoms with Crippen molar-refractivity contribution in [2.45, 2.75) is 13.8 Å². The van der Waals surface area contributed by atoms with Gasteiger partial charge in [-0.05, 0) is 13.8 Å². The maximum Gasteiger partial charge on any atom is 0.242 e. The fraction of sp³-hybridized carbons (Fsp3) is 0.444. The number of halogens is 2. The summed E-state index contributed by atoms with van der Waals surface area (Å²) < 4.78 is 10.3. The standard InChI is InChI=1S/2C9H12ClN5O/c2*1-5-13-7(10)6(8(14-5)16-2)15-9-11-3-4-12-9/h2*3-4H2,1-2H3,(H2,11,12,15). The van der Waals surface area contributed by atoms with E-state index in [4.69, 9.17) is 32.7 Å². The van der Waals surface area contributed by atoms with Crippen molar-refractivity contribution in [2.24, 2.45) is 9.98 Å². The molecule has 0 spiro atoms. The van der Waals surface area contributed by atoms with E-state index in [2.05, 4.69) is 51.2 Å². The minimum Gasteiger partial charge on any atom is -0.479 e. The second-order valence-electron chi connectivity index (χ2n) is 6.46. The smallest absolute Gasteiger partial charge is 0.242 e. The molecule has 12 nitrogen and oxygen atoms in total. The highest BCUT2D eigenvalue weighted by Crippen LogP contribution is 2.29. The van der Waals surface area contributed by atoms with Crippen LogP contribution in [0.2, 0.25) is 10.3 Å². The first kappa shape index (κ1) is 23.5. The summed E-state index contributed by atoms with van der Waals surface area (Å²) in [5.74, 6) is 3.27. The minimum absolute atomic E-state index is 0.320. The Labute approximate surface area is 195 Å². The molecule has 4 N–H and O–H groups in total. The SMILES string of the molecule is COc1nc(C)nc(Cl)c1NC1=NCCN1.COc1nc(C)nc(Cl)c1NC1=NCCN1. The first-order valence-corrected chi connectivity index (χ1v) is 10.4. The average Bonchev–Trinajstić information content (AvgIpc) is 3.46. The molecular formula is C18H24Cl2N10O2. The Balaban J connectivity index is 0.000000181. The van der Waals surface area contributed by atoms with Crippen molar-refractivity contribution in [3.8, 4) is 11.8 Å². The van der Waals surface area contributed by atoms with Crippen LogP contribution in [0.25, 0.3) is 0 Å². The average molecular weight is 483 g/mol. The molecule has 0 atom stereocenters. The third kappa shape index (κ3) is 5.98. The highest BCUT2D eigenvalue weighted by molar-refractivity contribution is 6.33. The predicted molar refractivity (Wildman–Crippen MR) is 125 cm³/mol. The van der Waals surface area contributed by atoms with Crippen molar-refractivity contribution in [2.75, 3.05) is 51.0 Å². The van der Waals surface area contributed by atoms with Gasteiger partial charge in [0.05, 0.1) is 27.3 Å². The van der Waals surface area contributed by atoms with E-state index in [0.29, 0.717) is 57.0 Å². The van der Waals surface area contributed by atoms with Gasteiger partial charge in [0.25, 0.3) is 0 Å². The van der Waals surface area contributed by atoms with Gasteiger partial charge in [-0.2, -0.15) is 9.97 Å². The van der Waals surface area contributed by atoms with E-state index in [-0.39, 0.29) is 0 Å². The molecule has 0 aliphatic carbocycles. The third-order valence-corrected chi connectivity index (χ3v) is 4.66. The molecule has 2 aromatic rings. The number of aryl methyl sites for hydroxylation is 2. The zero-order chi connectivity index (χ0) is 23.1. The van der Waals surface area contributed by atoms with Crippen molar-refractivity contribution in [3.63, 3.8) is 0 Å². The van der Waals surface area contributed by atoms with Crippen molar-refractivity contribution in [3.05, 3.63) is 22.0 Å². The molecule has 0 radical (unpaired) electrons. The number of rotatable bonds is 4. The number of nitrogens with zero attached hydrogens (tertiary/aromatic N) is 6. The molecule has 2 aromatic heterocycles. The number of hydrogen-bond donors (Lipinski definition) is 4. The number of anilines is 2. The fourth-order valence-electron chi connectivity index (χ4n) is 2.73. The zero-order valence-corrected chi connectivity index (χ0v) is 19.6. The summed E-state index contributed by atoms with van der Waals surface area (Å²) in [6, 6.07) is 0. The lowest BCUT2D eigenvalue weighted by atomic mass is 10.4. The number of methoxy groups -OCH3 is 2. The van der Waals surface area contributed by atoms with Crippen molar-refractivity contribution >= 4 is 46.5 Å². The summed E-state index contributed by atoms with van der Waals surface area (Å²) in [6.07, 6.45) is 0. The molecular weight excluding hydrogens is 459 g/mol. The number of aromatic nitrogens is 4. The van der Waals surface area contributed by atoms with E-state index < -0.39 is 0 Å². The quantitative estimate of drug-likeness (QED) is 0.474. The van der Waals surface area contributed by atoms with Gasteiger partial charge >= 0.3 is 0 Å². The summed E-state index contributed by atoms with van der Waals surface area (Å²) in [4.78, 5) is 24.8. The Kier molecular flexibility index (Phi) is 8.06. The molecule has 0 amide bonds. The van der Waals surface area contributed by atoms with Gasteiger partial charge in [-0.1, -0.05) is 23.2 Å². The molecule has 4 heterocycles. The molecule has 2 aliphatic rings. The molecule has 172 valence electrons. The highest BCUT2D eigenvalue weighted by atomic mass is 35.5. The van der Waals surface area contributed by atoms with E-state index in [9.17, 15) is 0 Å². The Morgan fingerprint density at radius 3 is 1.44 bits per heavy atom. The molecule has 0 unspecified atom stereocenters. The van der Waals surface area contributed by atoms with Gasteiger partial charge in [0.1, 0.15) is 23.0 Å².